The smallest absolute Gasteiger partial charge is 0.0671 e. The highest BCUT2D eigenvalue weighted by molar-refractivity contribution is 9.10. The van der Waals surface area contributed by atoms with Crippen LogP contribution in [0, 0.1) is 6.92 Å². The van der Waals surface area contributed by atoms with Crippen LogP contribution in [-0.2, 0) is 4.74 Å². The molecule has 1 N–H and O–H groups in total. The Hall–Kier alpha value is -0.540. The maximum absolute atomic E-state index is 5.88. The Labute approximate surface area is 118 Å². The van der Waals surface area contributed by atoms with Crippen LogP contribution in [0.5, 0.6) is 0 Å². The summed E-state index contributed by atoms with van der Waals surface area (Å²) in [5.41, 5.74) is 2.50. The van der Waals surface area contributed by atoms with Gasteiger partial charge in [0.25, 0.3) is 0 Å². The third-order valence-corrected chi connectivity index (χ3v) is 4.74. The van der Waals surface area contributed by atoms with Gasteiger partial charge in [0.15, 0.2) is 0 Å². The molecule has 1 aromatic rings. The molecule has 1 fully saturated rings. The van der Waals surface area contributed by atoms with Gasteiger partial charge in [-0.15, -0.1) is 0 Å². The van der Waals surface area contributed by atoms with Crippen molar-refractivity contribution in [2.24, 2.45) is 0 Å². The van der Waals surface area contributed by atoms with E-state index >= 15 is 0 Å². The number of aryl methyl sites for hydroxylation is 1. The van der Waals surface area contributed by atoms with Crippen LogP contribution in [0.3, 0.4) is 0 Å². The number of halogens is 1. The minimum Gasteiger partial charge on any atom is -0.382 e. The fourth-order valence-corrected chi connectivity index (χ4v) is 2.80. The predicted molar refractivity (Wildman–Crippen MR) is 80.2 cm³/mol. The van der Waals surface area contributed by atoms with E-state index in [1.165, 1.54) is 11.3 Å². The van der Waals surface area contributed by atoms with Crippen molar-refractivity contribution in [2.75, 3.05) is 11.9 Å². The second kappa shape index (κ2) is 5.62. The molecular formula is C15H22BrNO. The Kier molecular flexibility index (Phi) is 4.33. The van der Waals surface area contributed by atoms with Crippen molar-refractivity contribution < 1.29 is 4.74 Å². The second-order valence-corrected chi connectivity index (χ2v) is 6.30. The lowest BCUT2D eigenvalue weighted by Crippen LogP contribution is -2.41. The molecule has 1 heterocycles. The van der Waals surface area contributed by atoms with Crippen molar-refractivity contribution >= 4 is 21.6 Å². The summed E-state index contributed by atoms with van der Waals surface area (Å²) in [6.45, 7) is 7.38. The lowest BCUT2D eigenvalue weighted by molar-refractivity contribution is -0.0708. The number of nitrogens with one attached hydrogen (secondary N) is 1. The number of ether oxygens (including phenoxy) is 1. The standard InChI is InChI=1S/C15H22BrNO/c1-4-15(3)10-13(7-8-18-15)17-12-6-5-11(2)14(16)9-12/h5-6,9,13,17H,4,7-8,10H2,1-3H3. The lowest BCUT2D eigenvalue weighted by Gasteiger charge is -2.38. The highest BCUT2D eigenvalue weighted by Crippen LogP contribution is 2.30. The highest BCUT2D eigenvalue weighted by Gasteiger charge is 2.31. The van der Waals surface area contributed by atoms with Crippen LogP contribution in [0.25, 0.3) is 0 Å². The van der Waals surface area contributed by atoms with E-state index in [0.29, 0.717) is 6.04 Å². The molecule has 0 radical (unpaired) electrons. The summed E-state index contributed by atoms with van der Waals surface area (Å²) in [7, 11) is 0. The molecule has 3 heteroatoms. The number of hydrogen-bond acceptors (Lipinski definition) is 2. The largest absolute Gasteiger partial charge is 0.382 e. The average Bonchev–Trinajstić information content (AvgIpc) is 2.34. The molecule has 0 aliphatic carbocycles. The molecule has 1 aliphatic rings. The molecule has 100 valence electrons. The van der Waals surface area contributed by atoms with E-state index in [9.17, 15) is 0 Å². The van der Waals surface area contributed by atoms with Crippen molar-refractivity contribution in [3.05, 3.63) is 28.2 Å². The zero-order valence-electron chi connectivity index (χ0n) is 11.4. The lowest BCUT2D eigenvalue weighted by atomic mass is 9.90. The van der Waals surface area contributed by atoms with Gasteiger partial charge in [0.05, 0.1) is 5.60 Å². The first-order chi connectivity index (χ1) is 8.52. The number of hydrogen-bond donors (Lipinski definition) is 1. The quantitative estimate of drug-likeness (QED) is 0.886. The van der Waals surface area contributed by atoms with Crippen LogP contribution >= 0.6 is 15.9 Å². The van der Waals surface area contributed by atoms with E-state index in [4.69, 9.17) is 4.74 Å². The third-order valence-electron chi connectivity index (χ3n) is 3.89. The van der Waals surface area contributed by atoms with Crippen molar-refractivity contribution in [1.82, 2.24) is 0 Å². The normalized spacial score (nSPS) is 28.1. The van der Waals surface area contributed by atoms with Gasteiger partial charge in [-0.3, -0.25) is 0 Å². The fourth-order valence-electron chi connectivity index (χ4n) is 2.42. The Morgan fingerprint density at radius 2 is 2.28 bits per heavy atom. The molecule has 0 amide bonds. The zero-order valence-corrected chi connectivity index (χ0v) is 13.0. The summed E-state index contributed by atoms with van der Waals surface area (Å²) in [6.07, 6.45) is 3.23. The molecule has 0 bridgehead atoms. The molecule has 0 saturated carbocycles. The molecule has 0 aromatic heterocycles. The maximum atomic E-state index is 5.88. The van der Waals surface area contributed by atoms with E-state index in [0.717, 1.165) is 30.3 Å². The summed E-state index contributed by atoms with van der Waals surface area (Å²) >= 11 is 3.58. The first-order valence-corrected chi connectivity index (χ1v) is 7.48. The van der Waals surface area contributed by atoms with Gasteiger partial charge in [-0.2, -0.15) is 0 Å². The van der Waals surface area contributed by atoms with Gasteiger partial charge in [0.1, 0.15) is 0 Å². The molecule has 1 aliphatic heterocycles. The second-order valence-electron chi connectivity index (χ2n) is 5.45. The summed E-state index contributed by atoms with van der Waals surface area (Å²) < 4.78 is 7.04. The molecule has 2 nitrogen and oxygen atoms in total. The van der Waals surface area contributed by atoms with Gasteiger partial charge in [0, 0.05) is 22.8 Å². The summed E-state index contributed by atoms with van der Waals surface area (Å²) in [5.74, 6) is 0. The summed E-state index contributed by atoms with van der Waals surface area (Å²) in [5, 5.41) is 3.63. The van der Waals surface area contributed by atoms with Gasteiger partial charge in [-0.1, -0.05) is 28.9 Å². The van der Waals surface area contributed by atoms with Crippen LogP contribution < -0.4 is 5.32 Å². The number of benzene rings is 1. The van der Waals surface area contributed by atoms with Crippen LogP contribution in [0.1, 0.15) is 38.7 Å². The van der Waals surface area contributed by atoms with Crippen LogP contribution in [0.15, 0.2) is 22.7 Å². The summed E-state index contributed by atoms with van der Waals surface area (Å²) in [6, 6.07) is 6.97. The molecule has 2 atom stereocenters. The topological polar surface area (TPSA) is 21.3 Å². The molecule has 2 rings (SSSR count). The van der Waals surface area contributed by atoms with Crippen molar-refractivity contribution in [2.45, 2.75) is 51.7 Å². The van der Waals surface area contributed by atoms with Crippen LogP contribution in [-0.4, -0.2) is 18.2 Å². The predicted octanol–water partition coefficient (Wildman–Crippen LogP) is 4.52. The van der Waals surface area contributed by atoms with Crippen LogP contribution in [0.2, 0.25) is 0 Å². The molecule has 0 spiro atoms. The van der Waals surface area contributed by atoms with Gasteiger partial charge in [-0.25, -0.2) is 0 Å². The van der Waals surface area contributed by atoms with E-state index in [1.807, 2.05) is 0 Å². The minimum atomic E-state index is 0.0395. The maximum Gasteiger partial charge on any atom is 0.0671 e. The van der Waals surface area contributed by atoms with Crippen LogP contribution in [0.4, 0.5) is 5.69 Å². The Morgan fingerprint density at radius 3 is 2.94 bits per heavy atom. The Bertz CT molecular complexity index is 421. The van der Waals surface area contributed by atoms with Gasteiger partial charge < -0.3 is 10.1 Å². The fraction of sp³-hybridized carbons (Fsp3) is 0.600. The van der Waals surface area contributed by atoms with Gasteiger partial charge in [-0.05, 0) is 50.8 Å². The zero-order chi connectivity index (χ0) is 13.2. The number of rotatable bonds is 3. The van der Waals surface area contributed by atoms with E-state index in [1.54, 1.807) is 0 Å². The number of anilines is 1. The van der Waals surface area contributed by atoms with E-state index in [2.05, 4.69) is 60.2 Å². The minimum absolute atomic E-state index is 0.0395. The summed E-state index contributed by atoms with van der Waals surface area (Å²) in [4.78, 5) is 0. The molecule has 18 heavy (non-hydrogen) atoms. The average molecular weight is 312 g/mol. The monoisotopic (exact) mass is 311 g/mol. The Morgan fingerprint density at radius 1 is 1.50 bits per heavy atom. The molecule has 1 saturated heterocycles. The van der Waals surface area contributed by atoms with E-state index in [-0.39, 0.29) is 5.60 Å². The Balaban J connectivity index is 2.02. The molecular weight excluding hydrogens is 290 g/mol. The molecule has 1 aromatic carbocycles. The van der Waals surface area contributed by atoms with Crippen molar-refractivity contribution in [3.63, 3.8) is 0 Å². The third kappa shape index (κ3) is 3.27. The van der Waals surface area contributed by atoms with Gasteiger partial charge in [0.2, 0.25) is 0 Å². The van der Waals surface area contributed by atoms with Crippen molar-refractivity contribution in [1.29, 1.82) is 0 Å². The molecule has 2 unspecified atom stereocenters. The van der Waals surface area contributed by atoms with Crippen molar-refractivity contribution in [3.8, 4) is 0 Å². The first kappa shape index (κ1) is 13.9. The van der Waals surface area contributed by atoms with Gasteiger partial charge >= 0.3 is 0 Å². The highest BCUT2D eigenvalue weighted by atomic mass is 79.9. The first-order valence-electron chi connectivity index (χ1n) is 6.69. The SMILES string of the molecule is CCC1(C)CC(Nc2ccc(C)c(Br)c2)CCO1. The van der Waals surface area contributed by atoms with E-state index < -0.39 is 0 Å².